The van der Waals surface area contributed by atoms with Gasteiger partial charge in [-0.25, -0.2) is 0 Å². The van der Waals surface area contributed by atoms with Crippen molar-refractivity contribution in [3.63, 3.8) is 0 Å². The molecule has 0 saturated carbocycles. The van der Waals surface area contributed by atoms with Gasteiger partial charge in [0.15, 0.2) is 0 Å². The lowest BCUT2D eigenvalue weighted by Gasteiger charge is -2.46. The van der Waals surface area contributed by atoms with Crippen LogP contribution in [0.4, 0.5) is 0 Å². The fraction of sp³-hybridized carbons (Fsp3) is 0.148. The number of allylic oxidation sites excluding steroid dienone is 4. The zero-order valence-corrected chi connectivity index (χ0v) is 30.2. The molecule has 4 aliphatic rings. The van der Waals surface area contributed by atoms with Crippen molar-refractivity contribution in [3.05, 3.63) is 251 Å². The van der Waals surface area contributed by atoms with Crippen LogP contribution >= 0.6 is 0 Å². The SMILES string of the molecule is C1=CC2c3ccccc3-c3ccccc3C2C(c2ccc(C3C(c4ccccc4)C=CC4c5ccccc5-c5ccccc5C43)cc2)C1c1ccccc1. The first-order valence-electron chi connectivity index (χ1n) is 19.8. The molecule has 54 heavy (non-hydrogen) atoms. The minimum absolute atomic E-state index is 0.275. The third-order valence-corrected chi connectivity index (χ3v) is 13.3. The van der Waals surface area contributed by atoms with Crippen molar-refractivity contribution in [2.75, 3.05) is 0 Å². The van der Waals surface area contributed by atoms with Crippen molar-refractivity contribution < 1.29 is 0 Å². The van der Waals surface area contributed by atoms with Crippen LogP contribution in [0.2, 0.25) is 0 Å². The van der Waals surface area contributed by atoms with Crippen molar-refractivity contribution >= 4 is 0 Å². The average molecular weight is 691 g/mol. The third-order valence-electron chi connectivity index (χ3n) is 13.3. The minimum atomic E-state index is 0.275. The summed E-state index contributed by atoms with van der Waals surface area (Å²) in [7, 11) is 0. The molecule has 258 valence electrons. The maximum atomic E-state index is 2.53. The van der Waals surface area contributed by atoms with Crippen LogP contribution in [0.15, 0.2) is 206 Å². The second-order valence-corrected chi connectivity index (χ2v) is 15.8. The number of rotatable bonds is 4. The highest BCUT2D eigenvalue weighted by Crippen LogP contribution is 2.61. The first-order valence-corrected chi connectivity index (χ1v) is 19.8. The van der Waals surface area contributed by atoms with Gasteiger partial charge in [0.25, 0.3) is 0 Å². The van der Waals surface area contributed by atoms with Crippen LogP contribution in [0.3, 0.4) is 0 Å². The number of benzene rings is 7. The zero-order valence-electron chi connectivity index (χ0n) is 30.2. The minimum Gasteiger partial charge on any atom is -0.0797 e. The summed E-state index contributed by atoms with van der Waals surface area (Å²) in [6, 6.07) is 69.1. The van der Waals surface area contributed by atoms with Crippen molar-refractivity contribution in [1.29, 1.82) is 0 Å². The van der Waals surface area contributed by atoms with Crippen LogP contribution in [0.25, 0.3) is 22.3 Å². The summed E-state index contributed by atoms with van der Waals surface area (Å²) in [5.74, 6) is 2.44. The summed E-state index contributed by atoms with van der Waals surface area (Å²) < 4.78 is 0. The summed E-state index contributed by atoms with van der Waals surface area (Å²) in [6.45, 7) is 0. The molecule has 7 aromatic carbocycles. The summed E-state index contributed by atoms with van der Waals surface area (Å²) in [5.41, 5.74) is 17.0. The highest BCUT2D eigenvalue weighted by molar-refractivity contribution is 5.78. The normalized spacial score (nSPS) is 25.6. The van der Waals surface area contributed by atoms with E-state index < -0.39 is 0 Å². The fourth-order valence-corrected chi connectivity index (χ4v) is 11.1. The van der Waals surface area contributed by atoms with Crippen molar-refractivity contribution in [2.24, 2.45) is 0 Å². The molecule has 0 heterocycles. The van der Waals surface area contributed by atoms with E-state index in [0.717, 1.165) is 0 Å². The summed E-state index contributed by atoms with van der Waals surface area (Å²) >= 11 is 0. The number of fused-ring (bicyclic) bond motifs is 12. The molecule has 0 spiro atoms. The Morgan fingerprint density at radius 2 is 0.500 bits per heavy atom. The Hall–Kier alpha value is -5.98. The van der Waals surface area contributed by atoms with E-state index >= 15 is 0 Å². The molecule has 0 aromatic heterocycles. The van der Waals surface area contributed by atoms with Gasteiger partial charge in [-0.1, -0.05) is 206 Å². The van der Waals surface area contributed by atoms with Gasteiger partial charge in [-0.2, -0.15) is 0 Å². The van der Waals surface area contributed by atoms with Gasteiger partial charge in [0.05, 0.1) is 0 Å². The Bertz CT molecular complexity index is 2360. The van der Waals surface area contributed by atoms with Gasteiger partial charge in [-0.3, -0.25) is 0 Å². The van der Waals surface area contributed by atoms with Crippen LogP contribution in [0, 0.1) is 0 Å². The van der Waals surface area contributed by atoms with Gasteiger partial charge < -0.3 is 0 Å². The Labute approximate surface area is 319 Å². The monoisotopic (exact) mass is 690 g/mol. The largest absolute Gasteiger partial charge is 0.0797 e. The predicted octanol–water partition coefficient (Wildman–Crippen LogP) is 13.7. The summed E-state index contributed by atoms with van der Waals surface area (Å²) in [6.07, 6.45) is 10.1. The van der Waals surface area contributed by atoms with Crippen molar-refractivity contribution in [2.45, 2.75) is 47.3 Å². The molecule has 7 aromatic rings. The Morgan fingerprint density at radius 1 is 0.204 bits per heavy atom. The predicted molar refractivity (Wildman–Crippen MR) is 223 cm³/mol. The Morgan fingerprint density at radius 3 is 0.889 bits per heavy atom. The molecule has 0 amide bonds. The van der Waals surface area contributed by atoms with Gasteiger partial charge >= 0.3 is 0 Å². The lowest BCUT2D eigenvalue weighted by molar-refractivity contribution is 0.433. The molecule has 0 nitrogen and oxygen atoms in total. The lowest BCUT2D eigenvalue weighted by atomic mass is 9.57. The number of hydrogen-bond donors (Lipinski definition) is 0. The fourth-order valence-electron chi connectivity index (χ4n) is 11.1. The van der Waals surface area contributed by atoms with E-state index in [-0.39, 0.29) is 23.7 Å². The molecular formula is C54H42. The lowest BCUT2D eigenvalue weighted by Crippen LogP contribution is -2.30. The standard InChI is InChI=1S/C54H42/c1-3-15-35(16-4-1)39-31-33-49-45-23-9-7-19-41(45)43-21-11-13-25-47(43)53(49)51(39)37-27-29-38(30-28-37)52-40(36-17-5-2-6-18-36)32-34-50-46-24-10-8-20-42(46)44-22-12-14-26-48(44)54(50)52/h1-34,39-40,49-54H. The van der Waals surface area contributed by atoms with Gasteiger partial charge in [-0.15, -0.1) is 0 Å². The van der Waals surface area contributed by atoms with E-state index in [1.807, 2.05) is 0 Å². The highest BCUT2D eigenvalue weighted by atomic mass is 14.5. The molecule has 8 atom stereocenters. The molecule has 0 heteroatoms. The van der Waals surface area contributed by atoms with E-state index in [1.54, 1.807) is 0 Å². The maximum absolute atomic E-state index is 2.53. The van der Waals surface area contributed by atoms with Crippen LogP contribution in [0.5, 0.6) is 0 Å². The van der Waals surface area contributed by atoms with Crippen LogP contribution in [0.1, 0.15) is 91.9 Å². The second-order valence-electron chi connectivity index (χ2n) is 15.8. The molecule has 11 rings (SSSR count). The molecule has 0 fully saturated rings. The summed E-state index contributed by atoms with van der Waals surface area (Å²) in [4.78, 5) is 0. The Balaban J connectivity index is 1.07. The van der Waals surface area contributed by atoms with E-state index in [1.165, 1.54) is 66.8 Å². The van der Waals surface area contributed by atoms with Gasteiger partial charge in [-0.05, 0) is 66.8 Å². The van der Waals surface area contributed by atoms with Gasteiger partial charge in [0, 0.05) is 47.3 Å². The first-order chi connectivity index (χ1) is 26.8. The van der Waals surface area contributed by atoms with Crippen LogP contribution < -0.4 is 0 Å². The van der Waals surface area contributed by atoms with E-state index in [2.05, 4.69) is 206 Å². The van der Waals surface area contributed by atoms with Gasteiger partial charge in [0.2, 0.25) is 0 Å². The molecular weight excluding hydrogens is 649 g/mol. The average Bonchev–Trinajstić information content (AvgIpc) is 3.26. The first kappa shape index (κ1) is 31.5. The van der Waals surface area contributed by atoms with Crippen molar-refractivity contribution in [3.8, 4) is 22.3 Å². The maximum Gasteiger partial charge on any atom is 0.00995 e. The number of hydrogen-bond acceptors (Lipinski definition) is 0. The second kappa shape index (κ2) is 12.9. The molecule has 8 unspecified atom stereocenters. The third kappa shape index (κ3) is 4.90. The van der Waals surface area contributed by atoms with Gasteiger partial charge in [0.1, 0.15) is 0 Å². The molecule has 0 saturated heterocycles. The van der Waals surface area contributed by atoms with Crippen molar-refractivity contribution in [1.82, 2.24) is 0 Å². The molecule has 0 bridgehead atoms. The quantitative estimate of drug-likeness (QED) is 0.161. The topological polar surface area (TPSA) is 0 Å². The summed E-state index contributed by atoms with van der Waals surface area (Å²) in [5, 5.41) is 0. The molecule has 0 radical (unpaired) electrons. The smallest absolute Gasteiger partial charge is 0.00995 e. The van der Waals surface area contributed by atoms with E-state index in [0.29, 0.717) is 23.7 Å². The molecule has 4 aliphatic carbocycles. The molecule has 0 aliphatic heterocycles. The molecule has 0 N–H and O–H groups in total. The van der Waals surface area contributed by atoms with E-state index in [4.69, 9.17) is 0 Å². The van der Waals surface area contributed by atoms with E-state index in [9.17, 15) is 0 Å². The zero-order chi connectivity index (χ0) is 35.6. The Kier molecular flexibility index (Phi) is 7.51. The highest BCUT2D eigenvalue weighted by Gasteiger charge is 2.45. The van der Waals surface area contributed by atoms with Crippen LogP contribution in [-0.4, -0.2) is 0 Å². The van der Waals surface area contributed by atoms with Crippen LogP contribution in [-0.2, 0) is 0 Å².